The second kappa shape index (κ2) is 7.21. The molecule has 2 heterocycles. The molecule has 124 valence electrons. The number of aliphatic hydroxyl groups excluding tert-OH is 1. The molecule has 1 aromatic carbocycles. The number of piperazine rings is 1. The summed E-state index contributed by atoms with van der Waals surface area (Å²) in [6.07, 6.45) is -0.269. The van der Waals surface area contributed by atoms with Crippen molar-refractivity contribution in [1.29, 1.82) is 0 Å². The Kier molecular flexibility index (Phi) is 5.05. The lowest BCUT2D eigenvalue weighted by Gasteiger charge is -2.34. The summed E-state index contributed by atoms with van der Waals surface area (Å²) in [5, 5.41) is 17.8. The smallest absolute Gasteiger partial charge is 0.247 e. The third kappa shape index (κ3) is 4.37. The number of benzene rings is 1. The first-order chi connectivity index (χ1) is 11.1. The molecule has 2 aromatic rings. The standard InChI is InChI=1S/C17H24N4O2/c1-13-3-5-15(6-4-13)17-19-18-16(23-17)12-21-9-7-20(8-10-21)11-14(2)22/h3-6,14,22H,7-12H2,1-2H3/t14-/m0/s1. The van der Waals surface area contributed by atoms with Crippen molar-refractivity contribution in [2.45, 2.75) is 26.5 Å². The van der Waals surface area contributed by atoms with Gasteiger partial charge in [-0.2, -0.15) is 0 Å². The predicted octanol–water partition coefficient (Wildman–Crippen LogP) is 1.54. The molecule has 1 aliphatic heterocycles. The number of aryl methyl sites for hydroxylation is 1. The zero-order valence-electron chi connectivity index (χ0n) is 13.8. The number of hydrogen-bond acceptors (Lipinski definition) is 6. The molecule has 0 radical (unpaired) electrons. The van der Waals surface area contributed by atoms with Gasteiger partial charge in [-0.25, -0.2) is 0 Å². The molecule has 0 saturated carbocycles. The molecular formula is C17H24N4O2. The van der Waals surface area contributed by atoms with Crippen LogP contribution in [0.25, 0.3) is 11.5 Å². The minimum atomic E-state index is -0.269. The van der Waals surface area contributed by atoms with E-state index in [2.05, 4.69) is 26.9 Å². The van der Waals surface area contributed by atoms with Crippen LogP contribution in [0.15, 0.2) is 28.7 Å². The average Bonchev–Trinajstić information content (AvgIpc) is 2.98. The van der Waals surface area contributed by atoms with Crippen LogP contribution in [-0.2, 0) is 6.54 Å². The number of hydrogen-bond donors (Lipinski definition) is 1. The summed E-state index contributed by atoms with van der Waals surface area (Å²) in [5.74, 6) is 1.23. The zero-order chi connectivity index (χ0) is 16.2. The van der Waals surface area contributed by atoms with Crippen LogP contribution in [0, 0.1) is 6.92 Å². The lowest BCUT2D eigenvalue weighted by molar-refractivity contribution is 0.0747. The summed E-state index contributed by atoms with van der Waals surface area (Å²) < 4.78 is 5.79. The lowest BCUT2D eigenvalue weighted by atomic mass is 10.1. The molecular weight excluding hydrogens is 292 g/mol. The Bertz CT molecular complexity index is 616. The van der Waals surface area contributed by atoms with E-state index < -0.39 is 0 Å². The molecule has 0 bridgehead atoms. The topological polar surface area (TPSA) is 65.6 Å². The van der Waals surface area contributed by atoms with Crippen molar-refractivity contribution in [3.8, 4) is 11.5 Å². The van der Waals surface area contributed by atoms with E-state index >= 15 is 0 Å². The van der Waals surface area contributed by atoms with E-state index in [1.165, 1.54) is 5.56 Å². The highest BCUT2D eigenvalue weighted by Gasteiger charge is 2.20. The first-order valence-corrected chi connectivity index (χ1v) is 8.12. The van der Waals surface area contributed by atoms with Crippen LogP contribution in [0.4, 0.5) is 0 Å². The van der Waals surface area contributed by atoms with E-state index in [0.29, 0.717) is 18.3 Å². The number of aromatic nitrogens is 2. The third-order valence-corrected chi connectivity index (χ3v) is 4.11. The third-order valence-electron chi connectivity index (χ3n) is 4.11. The van der Waals surface area contributed by atoms with E-state index in [1.54, 1.807) is 0 Å². The summed E-state index contributed by atoms with van der Waals surface area (Å²) in [6.45, 7) is 9.14. The average molecular weight is 316 g/mol. The maximum absolute atomic E-state index is 9.45. The number of β-amino-alcohol motifs (C(OH)–C–C–N with tert-alkyl or cyclic N) is 1. The van der Waals surface area contributed by atoms with Gasteiger partial charge in [-0.3, -0.25) is 9.80 Å². The minimum absolute atomic E-state index is 0.269. The van der Waals surface area contributed by atoms with Gasteiger partial charge < -0.3 is 9.52 Å². The quantitative estimate of drug-likeness (QED) is 0.903. The molecule has 0 aliphatic carbocycles. The van der Waals surface area contributed by atoms with E-state index in [9.17, 15) is 5.11 Å². The van der Waals surface area contributed by atoms with E-state index in [1.807, 2.05) is 31.2 Å². The van der Waals surface area contributed by atoms with Gasteiger partial charge in [-0.05, 0) is 26.0 Å². The van der Waals surface area contributed by atoms with Gasteiger partial charge in [0.05, 0.1) is 12.6 Å². The molecule has 3 rings (SSSR count). The van der Waals surface area contributed by atoms with Crippen molar-refractivity contribution >= 4 is 0 Å². The largest absolute Gasteiger partial charge is 0.419 e. The molecule has 1 N–H and O–H groups in total. The molecule has 1 saturated heterocycles. The second-order valence-electron chi connectivity index (χ2n) is 6.29. The number of rotatable bonds is 5. The molecule has 6 heteroatoms. The van der Waals surface area contributed by atoms with Gasteiger partial charge >= 0.3 is 0 Å². The Morgan fingerprint density at radius 3 is 2.39 bits per heavy atom. The molecule has 0 unspecified atom stereocenters. The molecule has 0 amide bonds. The minimum Gasteiger partial charge on any atom is -0.419 e. The lowest BCUT2D eigenvalue weighted by Crippen LogP contribution is -2.47. The van der Waals surface area contributed by atoms with Crippen molar-refractivity contribution in [3.05, 3.63) is 35.7 Å². The van der Waals surface area contributed by atoms with E-state index in [4.69, 9.17) is 4.42 Å². The SMILES string of the molecule is Cc1ccc(-c2nnc(CN3CCN(C[C@H](C)O)CC3)o2)cc1. The van der Waals surface area contributed by atoms with E-state index in [0.717, 1.165) is 38.3 Å². The highest BCUT2D eigenvalue weighted by molar-refractivity contribution is 5.52. The predicted molar refractivity (Wildman–Crippen MR) is 87.9 cm³/mol. The molecule has 23 heavy (non-hydrogen) atoms. The molecule has 6 nitrogen and oxygen atoms in total. The van der Waals surface area contributed by atoms with E-state index in [-0.39, 0.29) is 6.10 Å². The fraction of sp³-hybridized carbons (Fsp3) is 0.529. The Morgan fingerprint density at radius 2 is 1.74 bits per heavy atom. The molecule has 1 fully saturated rings. The first kappa shape index (κ1) is 16.1. The van der Waals surface area contributed by atoms with Crippen molar-refractivity contribution in [2.75, 3.05) is 32.7 Å². The maximum Gasteiger partial charge on any atom is 0.247 e. The normalized spacial score (nSPS) is 18.2. The maximum atomic E-state index is 9.45. The molecule has 1 atom stereocenters. The Balaban J connectivity index is 1.55. The summed E-state index contributed by atoms with van der Waals surface area (Å²) >= 11 is 0. The van der Waals surface area contributed by atoms with Crippen molar-refractivity contribution in [1.82, 2.24) is 20.0 Å². The highest BCUT2D eigenvalue weighted by Crippen LogP contribution is 2.19. The van der Waals surface area contributed by atoms with Crippen LogP contribution in [-0.4, -0.2) is 63.9 Å². The number of aliphatic hydroxyl groups is 1. The van der Waals surface area contributed by atoms with Crippen LogP contribution >= 0.6 is 0 Å². The van der Waals surface area contributed by atoms with Gasteiger partial charge in [0.1, 0.15) is 0 Å². The first-order valence-electron chi connectivity index (χ1n) is 8.12. The van der Waals surface area contributed by atoms with Gasteiger partial charge in [0, 0.05) is 38.3 Å². The monoisotopic (exact) mass is 316 g/mol. The Hall–Kier alpha value is -1.76. The summed E-state index contributed by atoms with van der Waals surface area (Å²) in [5.41, 5.74) is 2.17. The van der Waals surface area contributed by atoms with Crippen LogP contribution in [0.5, 0.6) is 0 Å². The highest BCUT2D eigenvalue weighted by atomic mass is 16.4. The summed E-state index contributed by atoms with van der Waals surface area (Å²) in [7, 11) is 0. The zero-order valence-corrected chi connectivity index (χ0v) is 13.8. The molecule has 1 aliphatic rings. The van der Waals surface area contributed by atoms with Gasteiger partial charge in [-0.1, -0.05) is 17.7 Å². The fourth-order valence-corrected chi connectivity index (χ4v) is 2.83. The summed E-state index contributed by atoms with van der Waals surface area (Å²) in [6, 6.07) is 8.09. The molecule has 1 aromatic heterocycles. The fourth-order valence-electron chi connectivity index (χ4n) is 2.83. The van der Waals surface area contributed by atoms with Crippen LogP contribution < -0.4 is 0 Å². The number of nitrogens with zero attached hydrogens (tertiary/aromatic N) is 4. The van der Waals surface area contributed by atoms with Crippen molar-refractivity contribution in [2.24, 2.45) is 0 Å². The molecule has 0 spiro atoms. The summed E-state index contributed by atoms with van der Waals surface area (Å²) in [4.78, 5) is 4.59. The van der Waals surface area contributed by atoms with Gasteiger partial charge in [-0.15, -0.1) is 10.2 Å². The van der Waals surface area contributed by atoms with Gasteiger partial charge in [0.2, 0.25) is 11.8 Å². The van der Waals surface area contributed by atoms with Crippen LogP contribution in [0.3, 0.4) is 0 Å². The Labute approximate surface area is 136 Å². The van der Waals surface area contributed by atoms with Crippen molar-refractivity contribution < 1.29 is 9.52 Å². The van der Waals surface area contributed by atoms with Gasteiger partial charge in [0.15, 0.2) is 0 Å². The van der Waals surface area contributed by atoms with Crippen LogP contribution in [0.1, 0.15) is 18.4 Å². The van der Waals surface area contributed by atoms with Crippen LogP contribution in [0.2, 0.25) is 0 Å². The van der Waals surface area contributed by atoms with Gasteiger partial charge in [0.25, 0.3) is 0 Å². The second-order valence-corrected chi connectivity index (χ2v) is 6.29. The van der Waals surface area contributed by atoms with Crippen molar-refractivity contribution in [3.63, 3.8) is 0 Å². The Morgan fingerprint density at radius 1 is 1.09 bits per heavy atom.